The maximum absolute atomic E-state index is 5.98. The van der Waals surface area contributed by atoms with Crippen molar-refractivity contribution in [2.24, 2.45) is 0 Å². The summed E-state index contributed by atoms with van der Waals surface area (Å²) in [5, 5.41) is 0.502. The first kappa shape index (κ1) is 12.4. The van der Waals surface area contributed by atoms with Crippen molar-refractivity contribution in [2.45, 2.75) is 0 Å². The lowest BCUT2D eigenvalue weighted by molar-refractivity contribution is 0.464. The second kappa shape index (κ2) is 5.08. The van der Waals surface area contributed by atoms with E-state index >= 15 is 0 Å². The summed E-state index contributed by atoms with van der Waals surface area (Å²) in [6, 6.07) is 5.20. The Morgan fingerprint density at radius 3 is 2.82 bits per heavy atom. The number of nitrogens with zero attached hydrogens (tertiary/aromatic N) is 2. The number of hydrogen-bond donors (Lipinski definition) is 1. The Morgan fingerprint density at radius 1 is 1.29 bits per heavy atom. The number of rotatable bonds is 2. The Balaban J connectivity index is 2.37. The largest absolute Gasteiger partial charge is 0.435 e. The van der Waals surface area contributed by atoms with Crippen molar-refractivity contribution in [3.8, 4) is 11.6 Å². The molecule has 0 amide bonds. The van der Waals surface area contributed by atoms with Crippen molar-refractivity contribution < 1.29 is 4.74 Å². The third-order valence-corrected chi connectivity index (χ3v) is 2.84. The molecule has 17 heavy (non-hydrogen) atoms. The minimum Gasteiger partial charge on any atom is -0.435 e. The van der Waals surface area contributed by atoms with E-state index < -0.39 is 0 Å². The van der Waals surface area contributed by atoms with E-state index in [9.17, 15) is 0 Å². The molecule has 0 saturated carbocycles. The van der Waals surface area contributed by atoms with Crippen molar-refractivity contribution in [1.29, 1.82) is 0 Å². The lowest BCUT2D eigenvalue weighted by atomic mass is 10.3. The molecular weight excluding hydrogens is 329 g/mol. The molecule has 7 heteroatoms. The van der Waals surface area contributed by atoms with Crippen LogP contribution in [0.4, 0.5) is 5.69 Å². The summed E-state index contributed by atoms with van der Waals surface area (Å²) < 4.78 is 6.31. The van der Waals surface area contributed by atoms with Crippen molar-refractivity contribution in [3.63, 3.8) is 0 Å². The summed E-state index contributed by atoms with van der Waals surface area (Å²) >= 11 is 14.9. The van der Waals surface area contributed by atoms with Crippen LogP contribution in [0.3, 0.4) is 0 Å². The van der Waals surface area contributed by atoms with E-state index in [-0.39, 0.29) is 16.9 Å². The van der Waals surface area contributed by atoms with Gasteiger partial charge in [0.15, 0.2) is 0 Å². The SMILES string of the molecule is Nc1cnc(Cl)nc1Oc1cc(Br)ccc1Cl. The third kappa shape index (κ3) is 3.00. The van der Waals surface area contributed by atoms with Gasteiger partial charge in [-0.2, -0.15) is 4.98 Å². The van der Waals surface area contributed by atoms with Crippen LogP contribution in [0.2, 0.25) is 10.3 Å². The highest BCUT2D eigenvalue weighted by atomic mass is 79.9. The molecule has 0 bridgehead atoms. The van der Waals surface area contributed by atoms with Gasteiger partial charge in [0.25, 0.3) is 0 Å². The number of halogens is 3. The van der Waals surface area contributed by atoms with Crippen LogP contribution < -0.4 is 10.5 Å². The fraction of sp³-hybridized carbons (Fsp3) is 0. The maximum Gasteiger partial charge on any atom is 0.247 e. The number of hydrogen-bond acceptors (Lipinski definition) is 4. The van der Waals surface area contributed by atoms with Gasteiger partial charge in [0.05, 0.1) is 11.2 Å². The molecule has 0 aliphatic heterocycles. The average Bonchev–Trinajstić information content (AvgIpc) is 2.28. The first-order chi connectivity index (χ1) is 8.06. The monoisotopic (exact) mass is 333 g/mol. The van der Waals surface area contributed by atoms with Gasteiger partial charge in [0.2, 0.25) is 11.2 Å². The van der Waals surface area contributed by atoms with Crippen molar-refractivity contribution >= 4 is 44.8 Å². The standard InChI is InChI=1S/C10H6BrCl2N3O/c11-5-1-2-6(12)8(3-5)17-9-7(14)4-15-10(13)16-9/h1-4H,14H2. The Kier molecular flexibility index (Phi) is 3.71. The summed E-state index contributed by atoms with van der Waals surface area (Å²) in [7, 11) is 0. The highest BCUT2D eigenvalue weighted by molar-refractivity contribution is 9.10. The van der Waals surface area contributed by atoms with E-state index in [0.29, 0.717) is 10.8 Å². The first-order valence-corrected chi connectivity index (χ1v) is 6.02. The Hall–Kier alpha value is -1.04. The zero-order valence-corrected chi connectivity index (χ0v) is 11.4. The highest BCUT2D eigenvalue weighted by Gasteiger charge is 2.09. The van der Waals surface area contributed by atoms with E-state index in [1.165, 1.54) is 6.20 Å². The quantitative estimate of drug-likeness (QED) is 0.845. The smallest absolute Gasteiger partial charge is 0.247 e. The van der Waals surface area contributed by atoms with Crippen LogP contribution in [0, 0.1) is 0 Å². The molecule has 2 N–H and O–H groups in total. The topological polar surface area (TPSA) is 61.0 Å². The Morgan fingerprint density at radius 2 is 2.06 bits per heavy atom. The van der Waals surface area contributed by atoms with Crippen LogP contribution >= 0.6 is 39.1 Å². The summed E-state index contributed by atoms with van der Waals surface area (Å²) in [6.45, 7) is 0. The van der Waals surface area contributed by atoms with E-state index in [0.717, 1.165) is 4.47 Å². The van der Waals surface area contributed by atoms with Crippen molar-refractivity contribution in [3.05, 3.63) is 39.2 Å². The summed E-state index contributed by atoms with van der Waals surface area (Å²) in [5.74, 6) is 0.604. The summed E-state index contributed by atoms with van der Waals surface area (Å²) in [5.41, 5.74) is 5.94. The molecule has 0 spiro atoms. The second-order valence-corrected chi connectivity index (χ2v) is 4.74. The fourth-order valence-corrected chi connectivity index (χ4v) is 1.72. The van der Waals surface area contributed by atoms with Gasteiger partial charge in [0.1, 0.15) is 11.4 Å². The molecule has 0 aliphatic carbocycles. The van der Waals surface area contributed by atoms with Gasteiger partial charge < -0.3 is 10.5 Å². The lowest BCUT2D eigenvalue weighted by Gasteiger charge is -2.08. The van der Waals surface area contributed by atoms with Crippen LogP contribution in [0.15, 0.2) is 28.9 Å². The third-order valence-electron chi connectivity index (χ3n) is 1.85. The molecular formula is C10H6BrCl2N3O. The normalized spacial score (nSPS) is 10.3. The van der Waals surface area contributed by atoms with Gasteiger partial charge in [-0.1, -0.05) is 27.5 Å². The van der Waals surface area contributed by atoms with Crippen molar-refractivity contribution in [1.82, 2.24) is 9.97 Å². The van der Waals surface area contributed by atoms with Gasteiger partial charge in [-0.15, -0.1) is 0 Å². The zero-order valence-electron chi connectivity index (χ0n) is 8.32. The van der Waals surface area contributed by atoms with Crippen LogP contribution in [-0.4, -0.2) is 9.97 Å². The van der Waals surface area contributed by atoms with E-state index in [4.69, 9.17) is 33.7 Å². The predicted octanol–water partition coefficient (Wildman–Crippen LogP) is 3.92. The molecule has 0 radical (unpaired) electrons. The van der Waals surface area contributed by atoms with Crippen LogP contribution in [0.1, 0.15) is 0 Å². The molecule has 4 nitrogen and oxygen atoms in total. The second-order valence-electron chi connectivity index (χ2n) is 3.08. The number of anilines is 1. The number of benzene rings is 1. The molecule has 0 atom stereocenters. The molecule has 0 unspecified atom stereocenters. The molecule has 0 aliphatic rings. The zero-order chi connectivity index (χ0) is 12.4. The first-order valence-electron chi connectivity index (χ1n) is 4.47. The fourth-order valence-electron chi connectivity index (χ4n) is 1.10. The number of aromatic nitrogens is 2. The van der Waals surface area contributed by atoms with Crippen molar-refractivity contribution in [2.75, 3.05) is 5.73 Å². The summed E-state index contributed by atoms with van der Waals surface area (Å²) in [6.07, 6.45) is 1.37. The van der Waals surface area contributed by atoms with E-state index in [1.54, 1.807) is 18.2 Å². The molecule has 88 valence electrons. The van der Waals surface area contributed by atoms with Gasteiger partial charge in [-0.25, -0.2) is 4.98 Å². The van der Waals surface area contributed by atoms with E-state index in [2.05, 4.69) is 25.9 Å². The van der Waals surface area contributed by atoms with Gasteiger partial charge >= 0.3 is 0 Å². The van der Waals surface area contributed by atoms with Gasteiger partial charge in [0, 0.05) is 4.47 Å². The Labute approximate surface area is 116 Å². The van der Waals surface area contributed by atoms with E-state index in [1.807, 2.05) is 0 Å². The predicted molar refractivity (Wildman–Crippen MR) is 70.7 cm³/mol. The summed E-state index contributed by atoms with van der Waals surface area (Å²) in [4.78, 5) is 7.60. The minimum atomic E-state index is 0.0559. The molecule has 2 aromatic rings. The van der Waals surface area contributed by atoms with Gasteiger partial charge in [-0.05, 0) is 29.8 Å². The Bertz CT molecular complexity index is 516. The number of nitrogen functional groups attached to an aromatic ring is 1. The van der Waals surface area contributed by atoms with Crippen LogP contribution in [-0.2, 0) is 0 Å². The molecule has 0 saturated heterocycles. The number of nitrogens with two attached hydrogens (primary N) is 1. The molecule has 1 heterocycles. The van der Waals surface area contributed by atoms with Crippen LogP contribution in [0.5, 0.6) is 11.6 Å². The van der Waals surface area contributed by atoms with Gasteiger partial charge in [-0.3, -0.25) is 0 Å². The molecule has 1 aromatic carbocycles. The molecule has 1 aromatic heterocycles. The lowest BCUT2D eigenvalue weighted by Crippen LogP contribution is -1.97. The average molecular weight is 335 g/mol. The molecule has 0 fully saturated rings. The minimum absolute atomic E-state index is 0.0559. The van der Waals surface area contributed by atoms with Crippen LogP contribution in [0.25, 0.3) is 0 Å². The number of ether oxygens (including phenoxy) is 1. The maximum atomic E-state index is 5.98. The highest BCUT2D eigenvalue weighted by Crippen LogP contribution is 2.33. The molecule has 2 rings (SSSR count).